The maximum Gasteiger partial charge on any atom is 0.161 e. The first-order valence-electron chi connectivity index (χ1n) is 6.56. The lowest BCUT2D eigenvalue weighted by atomic mass is 9.90. The van der Waals surface area contributed by atoms with Crippen molar-refractivity contribution in [3.63, 3.8) is 0 Å². The molecule has 2 heteroatoms. The highest BCUT2D eigenvalue weighted by molar-refractivity contribution is 5.54. The van der Waals surface area contributed by atoms with Gasteiger partial charge in [-0.05, 0) is 42.4 Å². The standard InChI is InChI=1S/C16H24O2/c1-6-8-12-10-15(18-5)16(17)14(9-11(3)4)13(12)7-2/h6,10-11,17H,1,7-9H2,2-5H3. The summed E-state index contributed by atoms with van der Waals surface area (Å²) in [6.45, 7) is 10.2. The van der Waals surface area contributed by atoms with E-state index >= 15 is 0 Å². The molecule has 0 aromatic heterocycles. The molecule has 0 unspecified atom stereocenters. The van der Waals surface area contributed by atoms with Gasteiger partial charge in [0.05, 0.1) is 7.11 Å². The van der Waals surface area contributed by atoms with Crippen molar-refractivity contribution in [1.29, 1.82) is 0 Å². The fraction of sp³-hybridized carbons (Fsp3) is 0.500. The molecule has 0 aliphatic rings. The Kier molecular flexibility index (Phi) is 5.26. The SMILES string of the molecule is C=CCc1cc(OC)c(O)c(CC(C)C)c1CC. The third-order valence-electron chi connectivity index (χ3n) is 3.13. The van der Waals surface area contributed by atoms with Crippen LogP contribution < -0.4 is 4.74 Å². The van der Waals surface area contributed by atoms with E-state index in [1.165, 1.54) is 11.1 Å². The van der Waals surface area contributed by atoms with Gasteiger partial charge in [0.2, 0.25) is 0 Å². The Balaban J connectivity index is 3.41. The van der Waals surface area contributed by atoms with Gasteiger partial charge in [0.1, 0.15) is 0 Å². The predicted octanol–water partition coefficient (Wildman–Crippen LogP) is 3.89. The molecule has 0 heterocycles. The van der Waals surface area contributed by atoms with Gasteiger partial charge in [-0.25, -0.2) is 0 Å². The molecule has 100 valence electrons. The quantitative estimate of drug-likeness (QED) is 0.774. The number of benzene rings is 1. The van der Waals surface area contributed by atoms with Crippen LogP contribution in [0.2, 0.25) is 0 Å². The molecule has 1 aromatic rings. The summed E-state index contributed by atoms with van der Waals surface area (Å²) in [6.07, 6.45) is 4.49. The van der Waals surface area contributed by atoms with E-state index in [9.17, 15) is 5.11 Å². The summed E-state index contributed by atoms with van der Waals surface area (Å²) in [7, 11) is 1.59. The Morgan fingerprint density at radius 1 is 1.39 bits per heavy atom. The largest absolute Gasteiger partial charge is 0.504 e. The Bertz CT molecular complexity index is 420. The van der Waals surface area contributed by atoms with Crippen molar-refractivity contribution in [2.24, 2.45) is 5.92 Å². The van der Waals surface area contributed by atoms with E-state index in [-0.39, 0.29) is 0 Å². The highest BCUT2D eigenvalue weighted by Gasteiger charge is 2.17. The summed E-state index contributed by atoms with van der Waals surface area (Å²) in [6, 6.07) is 1.93. The van der Waals surface area contributed by atoms with Crippen molar-refractivity contribution < 1.29 is 9.84 Å². The molecule has 0 aliphatic heterocycles. The van der Waals surface area contributed by atoms with Crippen LogP contribution in [0.25, 0.3) is 0 Å². The average Bonchev–Trinajstić information content (AvgIpc) is 2.33. The monoisotopic (exact) mass is 248 g/mol. The van der Waals surface area contributed by atoms with E-state index in [0.29, 0.717) is 17.4 Å². The van der Waals surface area contributed by atoms with Crippen molar-refractivity contribution in [1.82, 2.24) is 0 Å². The molecular formula is C16H24O2. The second-order valence-electron chi connectivity index (χ2n) is 4.99. The highest BCUT2D eigenvalue weighted by Crippen LogP contribution is 2.37. The van der Waals surface area contributed by atoms with E-state index in [1.54, 1.807) is 7.11 Å². The molecule has 1 aromatic carbocycles. The van der Waals surface area contributed by atoms with Gasteiger partial charge in [-0.3, -0.25) is 0 Å². The molecule has 18 heavy (non-hydrogen) atoms. The van der Waals surface area contributed by atoms with Gasteiger partial charge in [0, 0.05) is 5.56 Å². The second kappa shape index (κ2) is 6.48. The lowest BCUT2D eigenvalue weighted by Crippen LogP contribution is -2.04. The van der Waals surface area contributed by atoms with Crippen LogP contribution in [0.1, 0.15) is 37.5 Å². The summed E-state index contributed by atoms with van der Waals surface area (Å²) >= 11 is 0. The summed E-state index contributed by atoms with van der Waals surface area (Å²) in [4.78, 5) is 0. The van der Waals surface area contributed by atoms with Crippen molar-refractivity contribution in [2.75, 3.05) is 7.11 Å². The molecule has 0 atom stereocenters. The normalized spacial score (nSPS) is 10.7. The van der Waals surface area contributed by atoms with Gasteiger partial charge < -0.3 is 9.84 Å². The third kappa shape index (κ3) is 3.06. The number of phenols is 1. The Labute approximate surface area is 110 Å². The van der Waals surface area contributed by atoms with Gasteiger partial charge >= 0.3 is 0 Å². The number of phenolic OH excluding ortho intramolecular Hbond substituents is 1. The van der Waals surface area contributed by atoms with Gasteiger partial charge in [-0.15, -0.1) is 6.58 Å². The minimum absolute atomic E-state index is 0.302. The lowest BCUT2D eigenvalue weighted by molar-refractivity contribution is 0.368. The summed E-state index contributed by atoms with van der Waals surface area (Å²) in [5, 5.41) is 10.3. The van der Waals surface area contributed by atoms with Gasteiger partial charge in [-0.2, -0.15) is 0 Å². The van der Waals surface area contributed by atoms with Crippen LogP contribution in [0.4, 0.5) is 0 Å². The zero-order chi connectivity index (χ0) is 13.7. The molecule has 1 rings (SSSR count). The molecule has 0 saturated carbocycles. The maximum atomic E-state index is 10.3. The average molecular weight is 248 g/mol. The van der Waals surface area contributed by atoms with Crippen molar-refractivity contribution in [2.45, 2.75) is 40.0 Å². The number of hydrogen-bond acceptors (Lipinski definition) is 2. The van der Waals surface area contributed by atoms with Crippen molar-refractivity contribution >= 4 is 0 Å². The molecule has 0 saturated heterocycles. The van der Waals surface area contributed by atoms with Gasteiger partial charge in [0.25, 0.3) is 0 Å². The Morgan fingerprint density at radius 2 is 2.06 bits per heavy atom. The van der Waals surface area contributed by atoms with Crippen LogP contribution >= 0.6 is 0 Å². The van der Waals surface area contributed by atoms with Crippen LogP contribution in [0, 0.1) is 5.92 Å². The van der Waals surface area contributed by atoms with E-state index in [0.717, 1.165) is 24.8 Å². The molecule has 0 aliphatic carbocycles. The van der Waals surface area contributed by atoms with Crippen LogP contribution in [-0.2, 0) is 19.3 Å². The molecule has 0 bridgehead atoms. The molecule has 0 fully saturated rings. The predicted molar refractivity (Wildman–Crippen MR) is 76.5 cm³/mol. The number of rotatable bonds is 6. The maximum absolute atomic E-state index is 10.3. The number of ether oxygens (including phenoxy) is 1. The molecular weight excluding hydrogens is 224 g/mol. The second-order valence-corrected chi connectivity index (χ2v) is 4.99. The van der Waals surface area contributed by atoms with Gasteiger partial charge in [-0.1, -0.05) is 26.8 Å². The molecule has 2 nitrogen and oxygen atoms in total. The topological polar surface area (TPSA) is 29.5 Å². The van der Waals surface area contributed by atoms with E-state index in [4.69, 9.17) is 4.74 Å². The highest BCUT2D eigenvalue weighted by atomic mass is 16.5. The summed E-state index contributed by atoms with van der Waals surface area (Å²) in [5.74, 6) is 1.38. The minimum Gasteiger partial charge on any atom is -0.504 e. The number of methoxy groups -OCH3 is 1. The zero-order valence-electron chi connectivity index (χ0n) is 11.9. The number of allylic oxidation sites excluding steroid dienone is 1. The van der Waals surface area contributed by atoms with Crippen molar-refractivity contribution in [3.8, 4) is 11.5 Å². The van der Waals surface area contributed by atoms with Crippen LogP contribution in [0.5, 0.6) is 11.5 Å². The minimum atomic E-state index is 0.302. The van der Waals surface area contributed by atoms with Crippen LogP contribution in [-0.4, -0.2) is 12.2 Å². The first kappa shape index (κ1) is 14.6. The first-order valence-corrected chi connectivity index (χ1v) is 6.56. The molecule has 0 radical (unpaired) electrons. The van der Waals surface area contributed by atoms with Crippen LogP contribution in [0.3, 0.4) is 0 Å². The summed E-state index contributed by atoms with van der Waals surface area (Å²) in [5.41, 5.74) is 3.48. The fourth-order valence-corrected chi connectivity index (χ4v) is 2.36. The smallest absolute Gasteiger partial charge is 0.161 e. The van der Waals surface area contributed by atoms with Gasteiger partial charge in [0.15, 0.2) is 11.5 Å². The lowest BCUT2D eigenvalue weighted by Gasteiger charge is -2.18. The zero-order valence-corrected chi connectivity index (χ0v) is 11.9. The fourth-order valence-electron chi connectivity index (χ4n) is 2.36. The number of aromatic hydroxyl groups is 1. The first-order chi connectivity index (χ1) is 8.54. The Morgan fingerprint density at radius 3 is 2.50 bits per heavy atom. The molecule has 0 amide bonds. The third-order valence-corrected chi connectivity index (χ3v) is 3.13. The Hall–Kier alpha value is -1.44. The summed E-state index contributed by atoms with van der Waals surface area (Å²) < 4.78 is 5.27. The van der Waals surface area contributed by atoms with E-state index in [2.05, 4.69) is 27.4 Å². The van der Waals surface area contributed by atoms with E-state index < -0.39 is 0 Å². The molecule has 0 spiro atoms. The van der Waals surface area contributed by atoms with Crippen LogP contribution in [0.15, 0.2) is 18.7 Å². The number of hydrogen-bond donors (Lipinski definition) is 1. The molecule has 1 N–H and O–H groups in total. The van der Waals surface area contributed by atoms with Crippen molar-refractivity contribution in [3.05, 3.63) is 35.4 Å². The van der Waals surface area contributed by atoms with E-state index in [1.807, 2.05) is 12.1 Å².